The molecule has 3 unspecified atom stereocenters. The predicted molar refractivity (Wildman–Crippen MR) is 56.1 cm³/mol. The zero-order chi connectivity index (χ0) is 10.6. The third kappa shape index (κ3) is 1.48. The fraction of sp³-hybridized carbons (Fsp3) is 0.917. The summed E-state index contributed by atoms with van der Waals surface area (Å²) in [4.78, 5) is 14.0. The molecule has 1 heterocycles. The average molecular weight is 209 g/mol. The number of aliphatic hydroxyl groups is 1. The van der Waals surface area contributed by atoms with Crippen molar-refractivity contribution in [3.8, 4) is 0 Å². The average Bonchev–Trinajstić information content (AvgIpc) is 2.58. The van der Waals surface area contributed by atoms with E-state index in [1.807, 2.05) is 11.8 Å². The molecule has 3 nitrogen and oxygen atoms in total. The van der Waals surface area contributed by atoms with Gasteiger partial charge in [-0.05, 0) is 38.0 Å². The third-order valence-electron chi connectivity index (χ3n) is 4.46. The highest BCUT2D eigenvalue weighted by atomic mass is 16.3. The van der Waals surface area contributed by atoms with E-state index in [2.05, 4.69) is 0 Å². The monoisotopic (exact) mass is 209 g/mol. The van der Waals surface area contributed by atoms with E-state index in [1.165, 1.54) is 19.3 Å². The Kier molecular flexibility index (Phi) is 1.91. The first-order valence-electron chi connectivity index (χ1n) is 6.10. The summed E-state index contributed by atoms with van der Waals surface area (Å²) < 4.78 is 0. The molecule has 0 radical (unpaired) electrons. The van der Waals surface area contributed by atoms with Gasteiger partial charge in [-0.25, -0.2) is 0 Å². The van der Waals surface area contributed by atoms with Crippen LogP contribution in [0.1, 0.15) is 32.6 Å². The maximum Gasteiger partial charge on any atom is 0.226 e. The molecule has 0 bridgehead atoms. The van der Waals surface area contributed by atoms with Crippen LogP contribution < -0.4 is 0 Å². The molecule has 2 saturated carbocycles. The van der Waals surface area contributed by atoms with Crippen molar-refractivity contribution in [2.24, 2.45) is 17.8 Å². The molecule has 2 aliphatic carbocycles. The van der Waals surface area contributed by atoms with Crippen LogP contribution in [0.15, 0.2) is 0 Å². The van der Waals surface area contributed by atoms with Crippen molar-refractivity contribution in [1.29, 1.82) is 0 Å². The molecule has 0 spiro atoms. The van der Waals surface area contributed by atoms with Crippen LogP contribution in [0.25, 0.3) is 0 Å². The molecule has 0 aromatic carbocycles. The van der Waals surface area contributed by atoms with E-state index in [9.17, 15) is 9.90 Å². The van der Waals surface area contributed by atoms with Crippen LogP contribution in [0.5, 0.6) is 0 Å². The second-order valence-electron chi connectivity index (χ2n) is 5.79. The molecule has 0 aromatic heterocycles. The summed E-state index contributed by atoms with van der Waals surface area (Å²) in [5, 5.41) is 9.83. The molecule has 3 heteroatoms. The third-order valence-corrected chi connectivity index (χ3v) is 4.46. The molecule has 3 aliphatic rings. The lowest BCUT2D eigenvalue weighted by molar-refractivity contribution is -0.133. The van der Waals surface area contributed by atoms with Crippen molar-refractivity contribution >= 4 is 5.91 Å². The number of carbonyl (C=O) groups is 1. The quantitative estimate of drug-likeness (QED) is 0.700. The Bertz CT molecular complexity index is 290. The number of carbonyl (C=O) groups excluding carboxylic acids is 1. The number of amides is 1. The first-order valence-corrected chi connectivity index (χ1v) is 6.10. The van der Waals surface area contributed by atoms with Gasteiger partial charge in [-0.1, -0.05) is 6.42 Å². The molecule has 1 aliphatic heterocycles. The van der Waals surface area contributed by atoms with E-state index in [0.29, 0.717) is 30.2 Å². The fourth-order valence-corrected chi connectivity index (χ4v) is 3.53. The number of β-amino-alcohol motifs (C(OH)–C–C–N with tert-alkyl or cyclic N) is 1. The van der Waals surface area contributed by atoms with E-state index in [-0.39, 0.29) is 0 Å². The molecule has 0 aromatic rings. The molecule has 1 amide bonds. The van der Waals surface area contributed by atoms with Gasteiger partial charge in [0.15, 0.2) is 0 Å². The summed E-state index contributed by atoms with van der Waals surface area (Å²) in [6.07, 6.45) is 4.56. The van der Waals surface area contributed by atoms with Gasteiger partial charge in [0.2, 0.25) is 5.91 Å². The van der Waals surface area contributed by atoms with Crippen LogP contribution in [0.3, 0.4) is 0 Å². The van der Waals surface area contributed by atoms with Crippen LogP contribution in [0.2, 0.25) is 0 Å². The minimum atomic E-state index is -0.639. The zero-order valence-electron chi connectivity index (χ0n) is 9.28. The van der Waals surface area contributed by atoms with Crippen LogP contribution >= 0.6 is 0 Å². The summed E-state index contributed by atoms with van der Waals surface area (Å²) in [5.74, 6) is 2.04. The highest BCUT2D eigenvalue weighted by Gasteiger charge is 2.58. The highest BCUT2D eigenvalue weighted by Crippen LogP contribution is 2.58. The summed E-state index contributed by atoms with van der Waals surface area (Å²) in [6.45, 7) is 3.12. The summed E-state index contributed by atoms with van der Waals surface area (Å²) in [6, 6.07) is 0. The molecule has 1 N–H and O–H groups in total. The smallest absolute Gasteiger partial charge is 0.226 e. The van der Waals surface area contributed by atoms with Crippen LogP contribution in [0, 0.1) is 17.8 Å². The molecule has 3 rings (SSSR count). The van der Waals surface area contributed by atoms with E-state index in [0.717, 1.165) is 13.0 Å². The van der Waals surface area contributed by atoms with E-state index in [4.69, 9.17) is 0 Å². The number of rotatable bonds is 1. The van der Waals surface area contributed by atoms with Gasteiger partial charge in [0, 0.05) is 19.0 Å². The molecule has 15 heavy (non-hydrogen) atoms. The SMILES string of the molecule is CC1(O)CCN(C(=O)C2C3CCCC32)C1. The molecular formula is C12H19NO2. The largest absolute Gasteiger partial charge is 0.388 e. The minimum Gasteiger partial charge on any atom is -0.388 e. The van der Waals surface area contributed by atoms with Crippen molar-refractivity contribution in [2.75, 3.05) is 13.1 Å². The van der Waals surface area contributed by atoms with Crippen molar-refractivity contribution < 1.29 is 9.90 Å². The molecule has 3 atom stereocenters. The van der Waals surface area contributed by atoms with Gasteiger partial charge < -0.3 is 10.0 Å². The highest BCUT2D eigenvalue weighted by molar-refractivity contribution is 5.83. The Morgan fingerprint density at radius 3 is 2.60 bits per heavy atom. The van der Waals surface area contributed by atoms with Crippen molar-refractivity contribution in [3.63, 3.8) is 0 Å². The van der Waals surface area contributed by atoms with Crippen molar-refractivity contribution in [3.05, 3.63) is 0 Å². The van der Waals surface area contributed by atoms with Gasteiger partial charge in [-0.15, -0.1) is 0 Å². The fourth-order valence-electron chi connectivity index (χ4n) is 3.53. The van der Waals surface area contributed by atoms with Crippen molar-refractivity contribution in [1.82, 2.24) is 4.90 Å². The number of nitrogens with zero attached hydrogens (tertiary/aromatic N) is 1. The van der Waals surface area contributed by atoms with Gasteiger partial charge in [-0.3, -0.25) is 4.79 Å². The Morgan fingerprint density at radius 1 is 1.40 bits per heavy atom. The lowest BCUT2D eigenvalue weighted by Crippen LogP contribution is -2.35. The van der Waals surface area contributed by atoms with Crippen molar-refractivity contribution in [2.45, 2.75) is 38.2 Å². The minimum absolute atomic E-state index is 0.322. The number of hydrogen-bond donors (Lipinski definition) is 1. The lowest BCUT2D eigenvalue weighted by atomic mass is 10.1. The Labute approximate surface area is 90.5 Å². The summed E-state index contributed by atoms with van der Waals surface area (Å²) in [5.41, 5.74) is -0.639. The first kappa shape index (κ1) is 9.64. The zero-order valence-corrected chi connectivity index (χ0v) is 9.28. The first-order chi connectivity index (χ1) is 7.08. The molecule has 1 saturated heterocycles. The maximum absolute atomic E-state index is 12.1. The number of likely N-dealkylation sites (tertiary alicyclic amines) is 1. The lowest BCUT2D eigenvalue weighted by Gasteiger charge is -2.19. The number of hydrogen-bond acceptors (Lipinski definition) is 2. The van der Waals surface area contributed by atoms with Gasteiger partial charge in [-0.2, -0.15) is 0 Å². The van der Waals surface area contributed by atoms with Gasteiger partial charge >= 0.3 is 0 Å². The van der Waals surface area contributed by atoms with Crippen LogP contribution in [-0.2, 0) is 4.79 Å². The maximum atomic E-state index is 12.1. The predicted octanol–water partition coefficient (Wildman–Crippen LogP) is 1.02. The van der Waals surface area contributed by atoms with E-state index >= 15 is 0 Å². The molecular weight excluding hydrogens is 190 g/mol. The Balaban J connectivity index is 1.62. The molecule has 84 valence electrons. The van der Waals surface area contributed by atoms with Crippen LogP contribution in [-0.4, -0.2) is 34.6 Å². The van der Waals surface area contributed by atoms with E-state index < -0.39 is 5.60 Å². The topological polar surface area (TPSA) is 40.5 Å². The molecule has 3 fully saturated rings. The Hall–Kier alpha value is -0.570. The van der Waals surface area contributed by atoms with Gasteiger partial charge in [0.1, 0.15) is 0 Å². The van der Waals surface area contributed by atoms with E-state index in [1.54, 1.807) is 0 Å². The van der Waals surface area contributed by atoms with Gasteiger partial charge in [0.25, 0.3) is 0 Å². The second-order valence-corrected chi connectivity index (χ2v) is 5.79. The summed E-state index contributed by atoms with van der Waals surface area (Å²) in [7, 11) is 0. The summed E-state index contributed by atoms with van der Waals surface area (Å²) >= 11 is 0. The van der Waals surface area contributed by atoms with Crippen LogP contribution in [0.4, 0.5) is 0 Å². The normalized spacial score (nSPS) is 48.1. The van der Waals surface area contributed by atoms with Gasteiger partial charge in [0.05, 0.1) is 5.60 Å². The Morgan fingerprint density at radius 2 is 2.07 bits per heavy atom. The standard InChI is InChI=1S/C12H19NO2/c1-12(15)5-6-13(7-12)11(14)10-8-3-2-4-9(8)10/h8-10,15H,2-7H2,1H3. The number of fused-ring (bicyclic) bond motifs is 1. The second kappa shape index (κ2) is 2.97.